The normalized spacial score (nSPS) is 19.0. The monoisotopic (exact) mass is 361 g/mol. The van der Waals surface area contributed by atoms with Gasteiger partial charge in [0.1, 0.15) is 5.69 Å². The lowest BCUT2D eigenvalue weighted by atomic mass is 9.72. The van der Waals surface area contributed by atoms with Crippen molar-refractivity contribution in [3.8, 4) is 10.6 Å². The van der Waals surface area contributed by atoms with Gasteiger partial charge in [-0.2, -0.15) is 5.10 Å². The van der Waals surface area contributed by atoms with Gasteiger partial charge in [0.2, 0.25) is 0 Å². The van der Waals surface area contributed by atoms with E-state index in [0.29, 0.717) is 0 Å². The van der Waals surface area contributed by atoms with E-state index in [1.54, 1.807) is 11.3 Å². The Bertz CT molecular complexity index is 1010. The Hall–Kier alpha value is -2.50. The molecule has 1 N–H and O–H groups in total. The van der Waals surface area contributed by atoms with Crippen molar-refractivity contribution < 1.29 is 0 Å². The molecule has 1 aromatic carbocycles. The Kier molecular flexibility index (Phi) is 3.43. The summed E-state index contributed by atoms with van der Waals surface area (Å²) < 4.78 is 0. The molecule has 4 aromatic rings. The van der Waals surface area contributed by atoms with E-state index in [-0.39, 0.29) is 5.41 Å². The molecular formula is C20H15N3S2. The van der Waals surface area contributed by atoms with E-state index < -0.39 is 0 Å². The maximum atomic E-state index is 4.58. The van der Waals surface area contributed by atoms with Crippen LogP contribution in [0.3, 0.4) is 0 Å². The van der Waals surface area contributed by atoms with Crippen molar-refractivity contribution in [1.82, 2.24) is 15.2 Å². The molecule has 3 heterocycles. The zero-order valence-corrected chi connectivity index (χ0v) is 15.0. The smallest absolute Gasteiger partial charge is 0.111 e. The Morgan fingerprint density at radius 1 is 1.04 bits per heavy atom. The van der Waals surface area contributed by atoms with Crippen LogP contribution in [0.5, 0.6) is 0 Å². The molecule has 3 nitrogen and oxygen atoms in total. The van der Waals surface area contributed by atoms with Crippen LogP contribution in [0.4, 0.5) is 0 Å². The first kappa shape index (κ1) is 14.8. The van der Waals surface area contributed by atoms with E-state index >= 15 is 0 Å². The number of hydrogen-bond donors (Lipinski definition) is 1. The number of H-pyrrole nitrogens is 1. The van der Waals surface area contributed by atoms with Crippen LogP contribution in [0.15, 0.2) is 65.6 Å². The van der Waals surface area contributed by atoms with Crippen molar-refractivity contribution in [1.29, 1.82) is 0 Å². The van der Waals surface area contributed by atoms with Crippen LogP contribution in [0.1, 0.15) is 21.7 Å². The average molecular weight is 361 g/mol. The van der Waals surface area contributed by atoms with Crippen LogP contribution >= 0.6 is 22.7 Å². The number of benzene rings is 1. The molecule has 1 atom stereocenters. The number of fused-ring (bicyclic) bond motifs is 1. The molecule has 5 rings (SSSR count). The number of rotatable bonds is 3. The lowest BCUT2D eigenvalue weighted by Gasteiger charge is -2.33. The van der Waals surface area contributed by atoms with Crippen molar-refractivity contribution in [2.45, 2.75) is 11.8 Å². The largest absolute Gasteiger partial charge is 0.281 e. The number of allylic oxidation sites excluding steroid dienone is 1. The van der Waals surface area contributed by atoms with Gasteiger partial charge in [-0.25, -0.2) is 0 Å². The minimum absolute atomic E-state index is 0.139. The Balaban J connectivity index is 1.66. The summed E-state index contributed by atoms with van der Waals surface area (Å²) in [5.41, 5.74) is 6.40. The molecule has 0 saturated carbocycles. The molecule has 1 aliphatic carbocycles. The Labute approximate surface area is 153 Å². The van der Waals surface area contributed by atoms with Gasteiger partial charge >= 0.3 is 0 Å². The molecule has 3 aromatic heterocycles. The molecule has 5 heteroatoms. The zero-order valence-electron chi connectivity index (χ0n) is 13.3. The molecule has 25 heavy (non-hydrogen) atoms. The summed E-state index contributed by atoms with van der Waals surface area (Å²) in [5, 5.41) is 10.0. The third-order valence-corrected chi connectivity index (χ3v) is 6.62. The van der Waals surface area contributed by atoms with Gasteiger partial charge in [-0.1, -0.05) is 48.6 Å². The van der Waals surface area contributed by atoms with Gasteiger partial charge in [0.25, 0.3) is 0 Å². The molecule has 1 unspecified atom stereocenters. The molecule has 0 spiro atoms. The Morgan fingerprint density at radius 2 is 1.96 bits per heavy atom. The van der Waals surface area contributed by atoms with Crippen molar-refractivity contribution in [2.24, 2.45) is 0 Å². The van der Waals surface area contributed by atoms with Gasteiger partial charge in [0.15, 0.2) is 0 Å². The van der Waals surface area contributed by atoms with Crippen molar-refractivity contribution >= 4 is 28.7 Å². The number of nitrogens with one attached hydrogen (secondary N) is 1. The van der Waals surface area contributed by atoms with Gasteiger partial charge in [-0.3, -0.25) is 10.1 Å². The molecule has 0 bridgehead atoms. The van der Waals surface area contributed by atoms with Crippen LogP contribution < -0.4 is 0 Å². The lowest BCUT2D eigenvalue weighted by molar-refractivity contribution is 0.633. The Morgan fingerprint density at radius 3 is 2.72 bits per heavy atom. The number of aromatic amines is 1. The summed E-state index contributed by atoms with van der Waals surface area (Å²) >= 11 is 3.43. The number of aromatic nitrogens is 3. The number of hydrogen-bond acceptors (Lipinski definition) is 4. The van der Waals surface area contributed by atoms with E-state index in [9.17, 15) is 0 Å². The molecule has 122 valence electrons. The third-order valence-electron chi connectivity index (χ3n) is 4.79. The van der Waals surface area contributed by atoms with Crippen LogP contribution in [-0.2, 0) is 11.8 Å². The highest BCUT2D eigenvalue weighted by Gasteiger charge is 2.37. The topological polar surface area (TPSA) is 41.6 Å². The summed E-state index contributed by atoms with van der Waals surface area (Å²) in [5.74, 6) is 0. The predicted molar refractivity (Wildman–Crippen MR) is 104 cm³/mol. The highest BCUT2D eigenvalue weighted by molar-refractivity contribution is 7.13. The summed E-state index contributed by atoms with van der Waals surface area (Å²) in [6.45, 7) is 0. The average Bonchev–Trinajstić information content (AvgIpc) is 3.42. The maximum Gasteiger partial charge on any atom is 0.111 e. The van der Waals surface area contributed by atoms with Gasteiger partial charge in [0, 0.05) is 28.8 Å². The lowest BCUT2D eigenvalue weighted by Crippen LogP contribution is -2.29. The van der Waals surface area contributed by atoms with E-state index in [1.165, 1.54) is 21.7 Å². The highest BCUT2D eigenvalue weighted by Crippen LogP contribution is 2.44. The zero-order chi connectivity index (χ0) is 16.7. The first-order valence-corrected chi connectivity index (χ1v) is 9.88. The first-order chi connectivity index (χ1) is 12.4. The van der Waals surface area contributed by atoms with E-state index in [4.69, 9.17) is 0 Å². The van der Waals surface area contributed by atoms with Crippen LogP contribution in [0, 0.1) is 0 Å². The number of nitrogens with zero attached hydrogens (tertiary/aromatic N) is 2. The fourth-order valence-corrected chi connectivity index (χ4v) is 5.12. The second kappa shape index (κ2) is 5.79. The fraction of sp³-hybridized carbons (Fsp3) is 0.100. The second-order valence-electron chi connectivity index (χ2n) is 6.15. The SMILES string of the molecule is C1=CC(c2ccccc2)(c2cccs2)Cc2[nH]nc(-c3cncs3)c21. The standard InChI is InChI=1S/C20H15N3S2/c1-2-5-14(6-3-1)20(18-7-4-10-24-18)9-8-15-16(11-20)22-23-19(15)17-12-21-13-25-17/h1-10,12-13H,11H2,(H,22,23). The number of thiazole rings is 1. The van der Waals surface area contributed by atoms with Crippen LogP contribution in [-0.4, -0.2) is 15.2 Å². The summed E-state index contributed by atoms with van der Waals surface area (Å²) in [4.78, 5) is 6.64. The minimum Gasteiger partial charge on any atom is -0.281 e. The van der Waals surface area contributed by atoms with Crippen LogP contribution in [0.2, 0.25) is 0 Å². The molecule has 0 aliphatic heterocycles. The van der Waals surface area contributed by atoms with Gasteiger partial charge < -0.3 is 0 Å². The summed E-state index contributed by atoms with van der Waals surface area (Å²) in [6.07, 6.45) is 7.34. The maximum absolute atomic E-state index is 4.58. The minimum atomic E-state index is -0.139. The van der Waals surface area contributed by atoms with Crippen molar-refractivity contribution in [3.63, 3.8) is 0 Å². The second-order valence-corrected chi connectivity index (χ2v) is 7.99. The highest BCUT2D eigenvalue weighted by atomic mass is 32.1. The first-order valence-electron chi connectivity index (χ1n) is 8.12. The molecule has 0 fully saturated rings. The summed E-state index contributed by atoms with van der Waals surface area (Å²) in [7, 11) is 0. The van der Waals surface area contributed by atoms with Gasteiger partial charge in [-0.15, -0.1) is 22.7 Å². The van der Waals surface area contributed by atoms with E-state index in [1.807, 2.05) is 23.0 Å². The van der Waals surface area contributed by atoms with Crippen molar-refractivity contribution in [3.05, 3.63) is 87.3 Å². The number of thiophene rings is 1. The van der Waals surface area contributed by atoms with E-state index in [0.717, 1.165) is 17.0 Å². The van der Waals surface area contributed by atoms with Crippen LogP contribution in [0.25, 0.3) is 16.6 Å². The fourth-order valence-electron chi connectivity index (χ4n) is 3.56. The third kappa shape index (κ3) is 2.31. The molecule has 1 aliphatic rings. The molecule has 0 amide bonds. The predicted octanol–water partition coefficient (Wildman–Crippen LogP) is 5.15. The summed E-state index contributed by atoms with van der Waals surface area (Å²) in [6, 6.07) is 15.1. The molecule has 0 saturated heterocycles. The molecular weight excluding hydrogens is 346 g/mol. The van der Waals surface area contributed by atoms with E-state index in [2.05, 4.69) is 75.2 Å². The van der Waals surface area contributed by atoms with Crippen molar-refractivity contribution in [2.75, 3.05) is 0 Å². The quantitative estimate of drug-likeness (QED) is 0.548. The van der Waals surface area contributed by atoms with Gasteiger partial charge in [-0.05, 0) is 17.0 Å². The van der Waals surface area contributed by atoms with Gasteiger partial charge in [0.05, 0.1) is 15.8 Å². The molecule has 0 radical (unpaired) electrons.